The molecule has 1 aliphatic carbocycles. The Morgan fingerprint density at radius 1 is 1.28 bits per heavy atom. The van der Waals surface area contributed by atoms with Crippen molar-refractivity contribution in [3.05, 3.63) is 43.0 Å². The van der Waals surface area contributed by atoms with Crippen LogP contribution in [0.5, 0.6) is 11.5 Å². The second-order valence-electron chi connectivity index (χ2n) is 6.62. The molecule has 1 fully saturated rings. The molecule has 0 bridgehead atoms. The summed E-state index contributed by atoms with van der Waals surface area (Å²) in [6.07, 6.45) is 8.15. The molecule has 1 heterocycles. The molecular formula is C19H25N3O3. The number of rotatable bonds is 9. The molecule has 0 N–H and O–H groups in total. The quantitative estimate of drug-likeness (QED) is 0.657. The number of imidazole rings is 1. The lowest BCUT2D eigenvalue weighted by Gasteiger charge is -2.24. The van der Waals surface area contributed by atoms with Crippen LogP contribution in [0.1, 0.15) is 19.3 Å². The predicted octanol–water partition coefficient (Wildman–Crippen LogP) is 2.60. The third-order valence-electron chi connectivity index (χ3n) is 4.66. The summed E-state index contributed by atoms with van der Waals surface area (Å²) in [5.74, 6) is 1.85. The summed E-state index contributed by atoms with van der Waals surface area (Å²) in [4.78, 5) is 18.6. The van der Waals surface area contributed by atoms with Gasteiger partial charge in [-0.15, -0.1) is 0 Å². The molecule has 1 amide bonds. The normalized spacial score (nSPS) is 14.8. The van der Waals surface area contributed by atoms with Crippen molar-refractivity contribution in [1.29, 1.82) is 0 Å². The van der Waals surface area contributed by atoms with Gasteiger partial charge in [0.25, 0.3) is 0 Å². The predicted molar refractivity (Wildman–Crippen MR) is 94.6 cm³/mol. The summed E-state index contributed by atoms with van der Waals surface area (Å²) >= 11 is 0. The van der Waals surface area contributed by atoms with Crippen LogP contribution in [0.2, 0.25) is 0 Å². The summed E-state index contributed by atoms with van der Waals surface area (Å²) in [5.41, 5.74) is -0.230. The third kappa shape index (κ3) is 4.32. The van der Waals surface area contributed by atoms with Crippen molar-refractivity contribution in [3.63, 3.8) is 0 Å². The van der Waals surface area contributed by atoms with Gasteiger partial charge in [0, 0.05) is 32.5 Å². The van der Waals surface area contributed by atoms with Crippen LogP contribution in [-0.2, 0) is 11.3 Å². The van der Waals surface area contributed by atoms with Crippen LogP contribution >= 0.6 is 0 Å². The first kappa shape index (κ1) is 17.3. The first-order valence-electron chi connectivity index (χ1n) is 8.61. The second kappa shape index (κ2) is 7.59. The lowest BCUT2D eigenvalue weighted by Crippen LogP contribution is -2.37. The van der Waals surface area contributed by atoms with E-state index in [1.807, 2.05) is 47.0 Å². The van der Waals surface area contributed by atoms with Gasteiger partial charge >= 0.3 is 0 Å². The fourth-order valence-electron chi connectivity index (χ4n) is 2.99. The molecule has 0 unspecified atom stereocenters. The highest BCUT2D eigenvalue weighted by molar-refractivity contribution is 5.85. The van der Waals surface area contributed by atoms with E-state index < -0.39 is 0 Å². The Kier molecular flexibility index (Phi) is 5.26. The molecule has 0 aliphatic heterocycles. The van der Waals surface area contributed by atoms with Gasteiger partial charge in [-0.3, -0.25) is 4.79 Å². The Bertz CT molecular complexity index is 678. The molecule has 0 spiro atoms. The number of hydrogen-bond donors (Lipinski definition) is 0. The van der Waals surface area contributed by atoms with Crippen molar-refractivity contribution in [1.82, 2.24) is 14.5 Å². The zero-order valence-electron chi connectivity index (χ0n) is 14.9. The smallest absolute Gasteiger partial charge is 0.230 e. The minimum absolute atomic E-state index is 0.227. The van der Waals surface area contributed by atoms with Crippen LogP contribution in [0.25, 0.3) is 0 Å². The molecule has 3 rings (SSSR count). The summed E-state index contributed by atoms with van der Waals surface area (Å²) in [5, 5.41) is 0. The minimum atomic E-state index is -0.230. The Labute approximate surface area is 148 Å². The van der Waals surface area contributed by atoms with E-state index in [0.717, 1.165) is 37.3 Å². The molecular weight excluding hydrogens is 318 g/mol. The maximum atomic E-state index is 12.7. The number of methoxy groups -OCH3 is 1. The van der Waals surface area contributed by atoms with Gasteiger partial charge in [-0.2, -0.15) is 0 Å². The molecule has 6 nitrogen and oxygen atoms in total. The van der Waals surface area contributed by atoms with Crippen molar-refractivity contribution in [2.45, 2.75) is 25.8 Å². The molecule has 25 heavy (non-hydrogen) atoms. The molecule has 0 saturated heterocycles. The van der Waals surface area contributed by atoms with Crippen LogP contribution in [0.15, 0.2) is 43.0 Å². The fraction of sp³-hybridized carbons (Fsp3) is 0.474. The Balaban J connectivity index is 1.41. The zero-order chi connectivity index (χ0) is 17.7. The number of carbonyl (C=O) groups is 1. The Morgan fingerprint density at radius 3 is 2.60 bits per heavy atom. The molecule has 134 valence electrons. The summed E-state index contributed by atoms with van der Waals surface area (Å²) in [7, 11) is 3.52. The first-order chi connectivity index (χ1) is 12.1. The maximum absolute atomic E-state index is 12.7. The van der Waals surface area contributed by atoms with Crippen LogP contribution < -0.4 is 9.47 Å². The first-order valence-corrected chi connectivity index (χ1v) is 8.61. The molecule has 6 heteroatoms. The van der Waals surface area contributed by atoms with E-state index in [0.29, 0.717) is 13.2 Å². The number of hydrogen-bond acceptors (Lipinski definition) is 4. The van der Waals surface area contributed by atoms with Crippen molar-refractivity contribution >= 4 is 5.91 Å². The molecule has 1 saturated carbocycles. The van der Waals surface area contributed by atoms with Gasteiger partial charge in [-0.05, 0) is 43.5 Å². The van der Waals surface area contributed by atoms with E-state index in [1.54, 1.807) is 19.6 Å². The van der Waals surface area contributed by atoms with Gasteiger partial charge in [-0.1, -0.05) is 0 Å². The highest BCUT2D eigenvalue weighted by Crippen LogP contribution is 2.48. The minimum Gasteiger partial charge on any atom is -0.497 e. The van der Waals surface area contributed by atoms with E-state index in [1.165, 1.54) is 0 Å². The van der Waals surface area contributed by atoms with Gasteiger partial charge in [0.2, 0.25) is 5.91 Å². The zero-order valence-corrected chi connectivity index (χ0v) is 14.9. The van der Waals surface area contributed by atoms with E-state index in [-0.39, 0.29) is 11.3 Å². The molecule has 0 radical (unpaired) electrons. The second-order valence-corrected chi connectivity index (χ2v) is 6.62. The number of aromatic nitrogens is 2. The largest absolute Gasteiger partial charge is 0.497 e. The molecule has 1 aromatic heterocycles. The van der Waals surface area contributed by atoms with Crippen LogP contribution in [0.3, 0.4) is 0 Å². The van der Waals surface area contributed by atoms with Gasteiger partial charge in [0.1, 0.15) is 11.5 Å². The summed E-state index contributed by atoms with van der Waals surface area (Å²) < 4.78 is 12.8. The third-order valence-corrected chi connectivity index (χ3v) is 4.66. The highest BCUT2D eigenvalue weighted by atomic mass is 16.5. The monoisotopic (exact) mass is 343 g/mol. The van der Waals surface area contributed by atoms with Crippen molar-refractivity contribution in [2.24, 2.45) is 5.41 Å². The lowest BCUT2D eigenvalue weighted by molar-refractivity contribution is -0.136. The van der Waals surface area contributed by atoms with Gasteiger partial charge in [0.05, 0.1) is 25.5 Å². The number of nitrogens with zero attached hydrogens (tertiary/aromatic N) is 3. The van der Waals surface area contributed by atoms with Crippen molar-refractivity contribution in [3.8, 4) is 11.5 Å². The summed E-state index contributed by atoms with van der Waals surface area (Å²) in [6, 6.07) is 7.52. The Hall–Kier alpha value is -2.50. The molecule has 1 aromatic carbocycles. The van der Waals surface area contributed by atoms with Crippen LogP contribution in [0.4, 0.5) is 0 Å². The van der Waals surface area contributed by atoms with E-state index >= 15 is 0 Å². The molecule has 0 atom stereocenters. The van der Waals surface area contributed by atoms with Crippen LogP contribution in [0, 0.1) is 5.41 Å². The van der Waals surface area contributed by atoms with Crippen molar-refractivity contribution < 1.29 is 14.3 Å². The maximum Gasteiger partial charge on any atom is 0.230 e. The van der Waals surface area contributed by atoms with Gasteiger partial charge in [-0.25, -0.2) is 4.98 Å². The van der Waals surface area contributed by atoms with Gasteiger partial charge in [0.15, 0.2) is 0 Å². The number of amides is 1. The standard InChI is InChI=1S/C19H25N3O3/c1-21(11-3-13-25-17-6-4-16(24-2)5-7-17)18(23)19(8-9-19)14-22-12-10-20-15-22/h4-7,10,12,15H,3,8-9,11,13-14H2,1-2H3. The van der Waals surface area contributed by atoms with Crippen LogP contribution in [-0.4, -0.2) is 47.7 Å². The topological polar surface area (TPSA) is 56.6 Å². The molecule has 2 aromatic rings. The SMILES string of the molecule is COc1ccc(OCCCN(C)C(=O)C2(Cn3ccnc3)CC2)cc1. The van der Waals surface area contributed by atoms with Gasteiger partial charge < -0.3 is 18.9 Å². The number of benzene rings is 1. The number of carbonyl (C=O) groups excluding carboxylic acids is 1. The van der Waals surface area contributed by atoms with E-state index in [2.05, 4.69) is 4.98 Å². The van der Waals surface area contributed by atoms with Crippen molar-refractivity contribution in [2.75, 3.05) is 27.3 Å². The number of ether oxygens (including phenoxy) is 2. The van der Waals surface area contributed by atoms with E-state index in [4.69, 9.17) is 9.47 Å². The summed E-state index contributed by atoms with van der Waals surface area (Å²) in [6.45, 7) is 2.00. The average molecular weight is 343 g/mol. The highest BCUT2D eigenvalue weighted by Gasteiger charge is 2.51. The molecule has 1 aliphatic rings. The Morgan fingerprint density at radius 2 is 2.00 bits per heavy atom. The average Bonchev–Trinajstić information content (AvgIpc) is 3.24. The fourth-order valence-corrected chi connectivity index (χ4v) is 2.99. The lowest BCUT2D eigenvalue weighted by atomic mass is 10.1. The van der Waals surface area contributed by atoms with E-state index in [9.17, 15) is 4.79 Å².